The van der Waals surface area contributed by atoms with Crippen molar-refractivity contribution in [2.45, 2.75) is 104 Å². The average Bonchev–Trinajstić information content (AvgIpc) is 2.87. The van der Waals surface area contributed by atoms with Gasteiger partial charge in [0.1, 0.15) is 17.2 Å². The lowest BCUT2D eigenvalue weighted by molar-refractivity contribution is -0.161. The number of likely N-dealkylation sites (tertiary alicyclic amines) is 1. The first-order chi connectivity index (χ1) is 13.4. The van der Waals surface area contributed by atoms with Crippen LogP contribution in [0.3, 0.4) is 0 Å². The molecule has 1 aliphatic rings. The highest BCUT2D eigenvalue weighted by atomic mass is 16.6. The minimum atomic E-state index is -1.39. The molecule has 2 N–H and O–H groups in total. The molecule has 0 aromatic heterocycles. The molecule has 0 radical (unpaired) electrons. The number of amides is 2. The molecule has 0 saturated carbocycles. The van der Waals surface area contributed by atoms with Crippen LogP contribution in [-0.4, -0.2) is 62.9 Å². The Morgan fingerprint density at radius 3 is 1.93 bits per heavy atom. The van der Waals surface area contributed by atoms with Crippen LogP contribution in [0.4, 0.5) is 4.79 Å². The molecule has 1 rings (SSSR count). The van der Waals surface area contributed by atoms with E-state index >= 15 is 0 Å². The van der Waals surface area contributed by atoms with E-state index in [1.807, 2.05) is 0 Å². The Morgan fingerprint density at radius 1 is 1.07 bits per heavy atom. The van der Waals surface area contributed by atoms with Crippen molar-refractivity contribution in [1.29, 1.82) is 0 Å². The zero-order valence-corrected chi connectivity index (χ0v) is 19.7. The predicted molar refractivity (Wildman–Crippen MR) is 114 cm³/mol. The maximum absolute atomic E-state index is 13.2. The molecule has 0 aromatic carbocycles. The fraction of sp³-hybridized carbons (Fsp3) is 0.773. The number of aliphatic hydroxyl groups is 1. The highest BCUT2D eigenvalue weighted by Gasteiger charge is 2.54. The van der Waals surface area contributed by atoms with Crippen molar-refractivity contribution in [2.75, 3.05) is 0 Å². The summed E-state index contributed by atoms with van der Waals surface area (Å²) < 4.78 is 11.1. The lowest BCUT2D eigenvalue weighted by Gasteiger charge is -2.41. The molecule has 4 atom stereocenters. The molecular weight excluding hydrogens is 388 g/mol. The van der Waals surface area contributed by atoms with Crippen LogP contribution in [0.15, 0.2) is 12.7 Å². The van der Waals surface area contributed by atoms with Crippen LogP contribution in [0.5, 0.6) is 0 Å². The van der Waals surface area contributed by atoms with Gasteiger partial charge < -0.3 is 19.9 Å². The molecule has 1 fully saturated rings. The van der Waals surface area contributed by atoms with Crippen molar-refractivity contribution >= 4 is 18.0 Å². The molecule has 8 heteroatoms. The second-order valence-corrected chi connectivity index (χ2v) is 10.4. The average molecular weight is 427 g/mol. The number of carbonyl (C=O) groups excluding carboxylic acids is 3. The van der Waals surface area contributed by atoms with E-state index < -0.39 is 47.0 Å². The topological polar surface area (TPSA) is 105 Å². The fourth-order valence-electron chi connectivity index (χ4n) is 3.61. The zero-order valence-electron chi connectivity index (χ0n) is 19.7. The maximum Gasteiger partial charge on any atom is 0.411 e. The quantitative estimate of drug-likeness (QED) is 0.517. The van der Waals surface area contributed by atoms with Crippen molar-refractivity contribution in [2.24, 2.45) is 5.92 Å². The molecule has 0 unspecified atom stereocenters. The molecule has 30 heavy (non-hydrogen) atoms. The second-order valence-electron chi connectivity index (χ2n) is 10.4. The summed E-state index contributed by atoms with van der Waals surface area (Å²) in [5.41, 5.74) is -2.93. The number of hydrogen-bond acceptors (Lipinski definition) is 6. The van der Waals surface area contributed by atoms with Crippen LogP contribution in [0.1, 0.15) is 68.7 Å². The summed E-state index contributed by atoms with van der Waals surface area (Å²) in [5, 5.41) is 13.5. The first-order valence-corrected chi connectivity index (χ1v) is 10.2. The van der Waals surface area contributed by atoms with Crippen molar-refractivity contribution in [1.82, 2.24) is 10.2 Å². The van der Waals surface area contributed by atoms with Crippen molar-refractivity contribution in [3.05, 3.63) is 12.7 Å². The third-order valence-electron chi connectivity index (χ3n) is 4.64. The van der Waals surface area contributed by atoms with Gasteiger partial charge in [-0.25, -0.2) is 9.59 Å². The molecule has 0 aromatic rings. The van der Waals surface area contributed by atoms with E-state index in [-0.39, 0.29) is 18.2 Å². The summed E-state index contributed by atoms with van der Waals surface area (Å²) in [4.78, 5) is 39.4. The SMILES string of the molecule is C=C[C@@H]1C[C@H](C(=O)OC(C)(C)C)N(C(=O)OC(C)(C)C)[C@H]1[C@@H](NC(C)=O)C(C)(C)O. The Bertz CT molecular complexity index is 669. The Morgan fingerprint density at radius 2 is 1.57 bits per heavy atom. The number of rotatable bonds is 5. The Balaban J connectivity index is 3.51. The summed E-state index contributed by atoms with van der Waals surface area (Å²) in [6.45, 7) is 18.7. The number of nitrogens with zero attached hydrogens (tertiary/aromatic N) is 1. The molecule has 8 nitrogen and oxygen atoms in total. The normalized spacial score (nSPS) is 23.5. The number of carbonyl (C=O) groups is 3. The lowest BCUT2D eigenvalue weighted by Crippen LogP contribution is -2.63. The standard InChI is InChI=1S/C22H38N2O6/c1-11-14-12-15(18(26)29-20(3,4)5)24(19(27)30-21(6,7)8)16(14)17(22(9,10)28)23-13(2)25/h11,14-17,28H,1,12H2,2-10H3,(H,23,25)/t14-,15-,16-,17-/m1/s1. The molecule has 0 spiro atoms. The first kappa shape index (κ1) is 25.9. The van der Waals surface area contributed by atoms with Gasteiger partial charge in [0.2, 0.25) is 5.91 Å². The van der Waals surface area contributed by atoms with Crippen LogP contribution in [-0.2, 0) is 19.1 Å². The molecule has 0 aliphatic carbocycles. The number of nitrogens with one attached hydrogen (secondary N) is 1. The van der Waals surface area contributed by atoms with Gasteiger partial charge in [-0.15, -0.1) is 6.58 Å². The number of esters is 1. The Hall–Kier alpha value is -2.09. The van der Waals surface area contributed by atoms with Crippen molar-refractivity contribution in [3.63, 3.8) is 0 Å². The smallest absolute Gasteiger partial charge is 0.411 e. The first-order valence-electron chi connectivity index (χ1n) is 10.2. The summed E-state index contributed by atoms with van der Waals surface area (Å²) in [6.07, 6.45) is 1.16. The van der Waals surface area contributed by atoms with Gasteiger partial charge in [0.15, 0.2) is 0 Å². The second kappa shape index (κ2) is 8.96. The predicted octanol–water partition coefficient (Wildman–Crippen LogP) is 2.78. The highest BCUT2D eigenvalue weighted by molar-refractivity contribution is 5.83. The van der Waals surface area contributed by atoms with E-state index in [1.165, 1.54) is 11.8 Å². The third kappa shape index (κ3) is 7.00. The highest BCUT2D eigenvalue weighted by Crippen LogP contribution is 2.38. The van der Waals surface area contributed by atoms with E-state index in [0.29, 0.717) is 0 Å². The van der Waals surface area contributed by atoms with E-state index in [1.54, 1.807) is 61.5 Å². The molecule has 1 saturated heterocycles. The van der Waals surface area contributed by atoms with Gasteiger partial charge in [-0.3, -0.25) is 9.69 Å². The third-order valence-corrected chi connectivity index (χ3v) is 4.64. The van der Waals surface area contributed by atoms with Crippen molar-refractivity contribution < 1.29 is 29.0 Å². The van der Waals surface area contributed by atoms with Gasteiger partial charge in [-0.05, 0) is 61.8 Å². The molecule has 2 amide bonds. The Kier molecular flexibility index (Phi) is 7.75. The summed E-state index contributed by atoms with van der Waals surface area (Å²) in [6, 6.07) is -2.55. The van der Waals surface area contributed by atoms with Gasteiger partial charge in [0, 0.05) is 12.8 Å². The van der Waals surface area contributed by atoms with Crippen LogP contribution in [0, 0.1) is 5.92 Å². The largest absolute Gasteiger partial charge is 0.458 e. The Labute approximate surface area is 180 Å². The van der Waals surface area contributed by atoms with Gasteiger partial charge in [0.05, 0.1) is 17.7 Å². The summed E-state index contributed by atoms with van der Waals surface area (Å²) in [5.74, 6) is -1.31. The van der Waals surface area contributed by atoms with Crippen LogP contribution < -0.4 is 5.32 Å². The van der Waals surface area contributed by atoms with Gasteiger partial charge in [-0.1, -0.05) is 6.08 Å². The summed E-state index contributed by atoms with van der Waals surface area (Å²) >= 11 is 0. The van der Waals surface area contributed by atoms with Crippen LogP contribution in [0.25, 0.3) is 0 Å². The number of hydrogen-bond donors (Lipinski definition) is 2. The number of ether oxygens (including phenoxy) is 2. The van der Waals surface area contributed by atoms with Crippen LogP contribution >= 0.6 is 0 Å². The monoisotopic (exact) mass is 426 g/mol. The van der Waals surface area contributed by atoms with Crippen LogP contribution in [0.2, 0.25) is 0 Å². The van der Waals surface area contributed by atoms with Gasteiger partial charge in [-0.2, -0.15) is 0 Å². The molecule has 1 aliphatic heterocycles. The molecule has 172 valence electrons. The molecule has 1 heterocycles. The zero-order chi connectivity index (χ0) is 23.7. The van der Waals surface area contributed by atoms with E-state index in [0.717, 1.165) is 0 Å². The van der Waals surface area contributed by atoms with Crippen molar-refractivity contribution in [3.8, 4) is 0 Å². The van der Waals surface area contributed by atoms with Gasteiger partial charge in [0.25, 0.3) is 0 Å². The summed E-state index contributed by atoms with van der Waals surface area (Å²) in [7, 11) is 0. The van der Waals surface area contributed by atoms with E-state index in [4.69, 9.17) is 9.47 Å². The van der Waals surface area contributed by atoms with E-state index in [9.17, 15) is 19.5 Å². The van der Waals surface area contributed by atoms with E-state index in [2.05, 4.69) is 11.9 Å². The minimum Gasteiger partial charge on any atom is -0.458 e. The molecular formula is C22H38N2O6. The fourth-order valence-corrected chi connectivity index (χ4v) is 3.61. The minimum absolute atomic E-state index is 0.245. The maximum atomic E-state index is 13.2. The molecule has 0 bridgehead atoms. The van der Waals surface area contributed by atoms with Gasteiger partial charge >= 0.3 is 12.1 Å². The lowest BCUT2D eigenvalue weighted by atomic mass is 9.84.